The fourth-order valence-corrected chi connectivity index (χ4v) is 2.98. The van der Waals surface area contributed by atoms with Gasteiger partial charge in [-0.05, 0) is 23.9 Å². The van der Waals surface area contributed by atoms with Crippen LogP contribution in [0.5, 0.6) is 11.5 Å². The summed E-state index contributed by atoms with van der Waals surface area (Å²) in [6, 6.07) is 6.61. The summed E-state index contributed by atoms with van der Waals surface area (Å²) in [5.74, 6) is 1.16. The predicted molar refractivity (Wildman–Crippen MR) is 90.6 cm³/mol. The SMILES string of the molecule is COc1cc(NC(=O)NCC(O)c2sccc2C)cc(OC)c1. The average molecular weight is 336 g/mol. The number of aliphatic hydroxyl groups is 1. The van der Waals surface area contributed by atoms with E-state index >= 15 is 0 Å². The summed E-state index contributed by atoms with van der Waals surface area (Å²) >= 11 is 1.47. The van der Waals surface area contributed by atoms with Gasteiger partial charge in [0.05, 0.1) is 20.8 Å². The number of thiophene rings is 1. The summed E-state index contributed by atoms with van der Waals surface area (Å²) < 4.78 is 10.3. The Balaban J connectivity index is 1.93. The molecule has 124 valence electrons. The molecular weight excluding hydrogens is 316 g/mol. The van der Waals surface area contributed by atoms with E-state index in [0.29, 0.717) is 17.2 Å². The van der Waals surface area contributed by atoms with Crippen molar-refractivity contribution in [3.05, 3.63) is 40.1 Å². The van der Waals surface area contributed by atoms with E-state index in [4.69, 9.17) is 9.47 Å². The van der Waals surface area contributed by atoms with Crippen LogP contribution in [0.2, 0.25) is 0 Å². The van der Waals surface area contributed by atoms with Crippen LogP contribution in [0.4, 0.5) is 10.5 Å². The van der Waals surface area contributed by atoms with E-state index in [2.05, 4.69) is 10.6 Å². The third-order valence-electron chi connectivity index (χ3n) is 3.27. The normalized spacial score (nSPS) is 11.7. The van der Waals surface area contributed by atoms with Gasteiger partial charge in [-0.15, -0.1) is 11.3 Å². The van der Waals surface area contributed by atoms with Crippen molar-refractivity contribution in [1.29, 1.82) is 0 Å². The third kappa shape index (κ3) is 4.61. The van der Waals surface area contributed by atoms with Crippen LogP contribution in [-0.2, 0) is 0 Å². The lowest BCUT2D eigenvalue weighted by Gasteiger charge is -2.13. The van der Waals surface area contributed by atoms with Gasteiger partial charge in [0.25, 0.3) is 0 Å². The van der Waals surface area contributed by atoms with Crippen molar-refractivity contribution in [3.8, 4) is 11.5 Å². The molecule has 0 aliphatic rings. The van der Waals surface area contributed by atoms with Gasteiger partial charge in [-0.25, -0.2) is 4.79 Å². The second-order valence-corrected chi connectivity index (χ2v) is 5.87. The zero-order valence-corrected chi connectivity index (χ0v) is 14.1. The quantitative estimate of drug-likeness (QED) is 0.758. The lowest BCUT2D eigenvalue weighted by Crippen LogP contribution is -2.32. The van der Waals surface area contributed by atoms with Crippen molar-refractivity contribution in [1.82, 2.24) is 5.32 Å². The van der Waals surface area contributed by atoms with Gasteiger partial charge >= 0.3 is 6.03 Å². The fourth-order valence-electron chi connectivity index (χ4n) is 2.06. The number of anilines is 1. The fraction of sp³-hybridized carbons (Fsp3) is 0.312. The molecule has 0 radical (unpaired) electrons. The number of carbonyl (C=O) groups is 1. The summed E-state index contributed by atoms with van der Waals surface area (Å²) in [6.45, 7) is 2.06. The number of aliphatic hydroxyl groups excluding tert-OH is 1. The van der Waals surface area contributed by atoms with Gasteiger partial charge in [0.1, 0.15) is 17.6 Å². The minimum Gasteiger partial charge on any atom is -0.497 e. The first-order valence-corrected chi connectivity index (χ1v) is 7.91. The van der Waals surface area contributed by atoms with Gasteiger partial charge in [-0.2, -0.15) is 0 Å². The minimum atomic E-state index is -0.722. The number of hydrogen-bond donors (Lipinski definition) is 3. The molecule has 2 aromatic rings. The standard InChI is InChI=1S/C16H20N2O4S/c1-10-4-5-23-15(10)14(19)9-17-16(20)18-11-6-12(21-2)8-13(7-11)22-3/h4-8,14,19H,9H2,1-3H3,(H2,17,18,20). The van der Waals surface area contributed by atoms with E-state index in [1.165, 1.54) is 11.3 Å². The number of benzene rings is 1. The van der Waals surface area contributed by atoms with Crippen LogP contribution in [0.3, 0.4) is 0 Å². The Morgan fingerprint density at radius 1 is 1.26 bits per heavy atom. The maximum Gasteiger partial charge on any atom is 0.319 e. The molecule has 2 amide bonds. The average Bonchev–Trinajstić information content (AvgIpc) is 2.98. The molecule has 23 heavy (non-hydrogen) atoms. The summed E-state index contributed by atoms with van der Waals surface area (Å²) in [7, 11) is 3.08. The second kappa shape index (κ2) is 7.85. The molecule has 0 aliphatic carbocycles. The summed E-state index contributed by atoms with van der Waals surface area (Å²) in [4.78, 5) is 12.8. The highest BCUT2D eigenvalue weighted by Crippen LogP contribution is 2.26. The van der Waals surface area contributed by atoms with Crippen molar-refractivity contribution >= 4 is 23.1 Å². The molecule has 0 aliphatic heterocycles. The van der Waals surface area contributed by atoms with Gasteiger partial charge in [0.2, 0.25) is 0 Å². The Kier molecular flexibility index (Phi) is 5.84. The third-order valence-corrected chi connectivity index (χ3v) is 4.39. The Morgan fingerprint density at radius 3 is 2.43 bits per heavy atom. The van der Waals surface area contributed by atoms with Crippen LogP contribution in [0, 0.1) is 6.92 Å². The monoisotopic (exact) mass is 336 g/mol. The Labute approximate surface area is 139 Å². The first-order valence-electron chi connectivity index (χ1n) is 7.03. The van der Waals surface area contributed by atoms with E-state index in [0.717, 1.165) is 10.4 Å². The van der Waals surface area contributed by atoms with Gasteiger partial charge in [0, 0.05) is 28.8 Å². The molecule has 0 fully saturated rings. The predicted octanol–water partition coefficient (Wildman–Crippen LogP) is 2.93. The first kappa shape index (κ1) is 17.1. The molecule has 0 bridgehead atoms. The maximum atomic E-state index is 12.0. The highest BCUT2D eigenvalue weighted by atomic mass is 32.1. The van der Waals surface area contributed by atoms with Crippen molar-refractivity contribution in [2.45, 2.75) is 13.0 Å². The number of urea groups is 1. The maximum absolute atomic E-state index is 12.0. The number of rotatable bonds is 6. The van der Waals surface area contributed by atoms with Crippen molar-refractivity contribution < 1.29 is 19.4 Å². The zero-order chi connectivity index (χ0) is 16.8. The smallest absolute Gasteiger partial charge is 0.319 e. The van der Waals surface area contributed by atoms with E-state index in [-0.39, 0.29) is 6.54 Å². The number of aryl methyl sites for hydroxylation is 1. The molecule has 0 saturated carbocycles. The Bertz CT molecular complexity index is 650. The topological polar surface area (TPSA) is 79.8 Å². The molecule has 1 atom stereocenters. The summed E-state index contributed by atoms with van der Waals surface area (Å²) in [5.41, 5.74) is 1.56. The minimum absolute atomic E-state index is 0.133. The number of hydrogen-bond acceptors (Lipinski definition) is 5. The number of methoxy groups -OCH3 is 2. The highest BCUT2D eigenvalue weighted by Gasteiger charge is 2.13. The molecule has 1 unspecified atom stereocenters. The van der Waals surface area contributed by atoms with Gasteiger partial charge in [-0.1, -0.05) is 0 Å². The molecule has 7 heteroatoms. The molecule has 2 rings (SSSR count). The highest BCUT2D eigenvalue weighted by molar-refractivity contribution is 7.10. The number of carbonyl (C=O) groups excluding carboxylic acids is 1. The molecule has 1 aromatic carbocycles. The molecule has 0 spiro atoms. The molecular formula is C16H20N2O4S. The Hall–Kier alpha value is -2.25. The lowest BCUT2D eigenvalue weighted by atomic mass is 10.2. The van der Waals surface area contributed by atoms with Crippen molar-refractivity contribution in [2.24, 2.45) is 0 Å². The molecule has 0 saturated heterocycles. The van der Waals surface area contributed by atoms with E-state index < -0.39 is 12.1 Å². The first-order chi connectivity index (χ1) is 11.0. The number of amides is 2. The van der Waals surface area contributed by atoms with E-state index in [1.807, 2.05) is 18.4 Å². The van der Waals surface area contributed by atoms with Crippen LogP contribution >= 0.6 is 11.3 Å². The van der Waals surface area contributed by atoms with Crippen LogP contribution in [0.15, 0.2) is 29.6 Å². The molecule has 3 N–H and O–H groups in total. The van der Waals surface area contributed by atoms with Crippen LogP contribution in [0.1, 0.15) is 16.5 Å². The van der Waals surface area contributed by atoms with E-state index in [1.54, 1.807) is 32.4 Å². The van der Waals surface area contributed by atoms with Crippen molar-refractivity contribution in [2.75, 3.05) is 26.1 Å². The van der Waals surface area contributed by atoms with Crippen LogP contribution in [-0.4, -0.2) is 31.9 Å². The van der Waals surface area contributed by atoms with Crippen LogP contribution < -0.4 is 20.1 Å². The van der Waals surface area contributed by atoms with Gasteiger partial charge in [-0.3, -0.25) is 0 Å². The largest absolute Gasteiger partial charge is 0.497 e. The summed E-state index contributed by atoms with van der Waals surface area (Å²) in [5, 5.41) is 17.3. The number of ether oxygens (including phenoxy) is 2. The van der Waals surface area contributed by atoms with Crippen molar-refractivity contribution in [3.63, 3.8) is 0 Å². The lowest BCUT2D eigenvalue weighted by molar-refractivity contribution is 0.178. The van der Waals surface area contributed by atoms with Crippen LogP contribution in [0.25, 0.3) is 0 Å². The van der Waals surface area contributed by atoms with E-state index in [9.17, 15) is 9.90 Å². The molecule has 1 heterocycles. The van der Waals surface area contributed by atoms with Gasteiger partial charge < -0.3 is 25.2 Å². The Morgan fingerprint density at radius 2 is 1.91 bits per heavy atom. The number of nitrogens with one attached hydrogen (secondary N) is 2. The second-order valence-electron chi connectivity index (χ2n) is 4.92. The molecule has 1 aromatic heterocycles. The molecule has 6 nitrogen and oxygen atoms in total. The summed E-state index contributed by atoms with van der Waals surface area (Å²) in [6.07, 6.45) is -0.722. The van der Waals surface area contributed by atoms with Gasteiger partial charge in [0.15, 0.2) is 0 Å². The zero-order valence-electron chi connectivity index (χ0n) is 13.3.